The number of hydrogen-bond acceptors (Lipinski definition) is 6. The SMILES string of the molecule is CCC(C)CCCCCCCCC(=O)OC[C@H](COC(=O)CCCCCCCCCCCCCCC(C)C)OC(=O)CCCCCCCCCCCCCCCCCCCCC(C)C. The summed E-state index contributed by atoms with van der Waals surface area (Å²) in [6.45, 7) is 13.7. The predicted octanol–water partition coefficient (Wildman–Crippen LogP) is 18.7. The number of carbonyl (C=O) groups is 3. The molecule has 64 heavy (non-hydrogen) atoms. The van der Waals surface area contributed by atoms with Gasteiger partial charge in [-0.15, -0.1) is 0 Å². The van der Waals surface area contributed by atoms with E-state index in [1.165, 1.54) is 199 Å². The Hall–Kier alpha value is -1.59. The van der Waals surface area contributed by atoms with Crippen LogP contribution in [0.15, 0.2) is 0 Å². The highest BCUT2D eigenvalue weighted by molar-refractivity contribution is 5.71. The first kappa shape index (κ1) is 62.4. The number of esters is 3. The van der Waals surface area contributed by atoms with Crippen molar-refractivity contribution < 1.29 is 28.6 Å². The zero-order valence-electron chi connectivity index (χ0n) is 44.1. The van der Waals surface area contributed by atoms with Crippen molar-refractivity contribution in [3.63, 3.8) is 0 Å². The standard InChI is InChI=1S/C58H112O6/c1-7-54(6)46-40-34-30-31-36-42-48-57(60)63-51-55(50-62-56(59)47-41-35-28-24-20-17-16-19-23-27-33-39-45-53(4)5)64-58(61)49-43-37-29-25-21-15-13-11-9-8-10-12-14-18-22-26-32-38-44-52(2)3/h52-55H,7-51H2,1-6H3/t54?,55-/m0/s1. The van der Waals surface area contributed by atoms with Crippen LogP contribution in [0, 0.1) is 17.8 Å². The van der Waals surface area contributed by atoms with E-state index < -0.39 is 6.10 Å². The first-order chi connectivity index (χ1) is 31.1. The fourth-order valence-corrected chi connectivity index (χ4v) is 8.79. The van der Waals surface area contributed by atoms with E-state index in [0.29, 0.717) is 19.3 Å². The van der Waals surface area contributed by atoms with Gasteiger partial charge in [0.25, 0.3) is 0 Å². The maximum absolute atomic E-state index is 12.8. The molecule has 2 atom stereocenters. The van der Waals surface area contributed by atoms with Crippen LogP contribution in [0.4, 0.5) is 0 Å². The third-order valence-electron chi connectivity index (χ3n) is 13.5. The number of rotatable bonds is 51. The Morgan fingerprint density at radius 3 is 0.812 bits per heavy atom. The number of hydrogen-bond donors (Lipinski definition) is 0. The number of ether oxygens (including phenoxy) is 3. The first-order valence-electron chi connectivity index (χ1n) is 28.6. The van der Waals surface area contributed by atoms with E-state index in [2.05, 4.69) is 41.5 Å². The average Bonchev–Trinajstić information content (AvgIpc) is 3.27. The Morgan fingerprint density at radius 1 is 0.312 bits per heavy atom. The highest BCUT2D eigenvalue weighted by Crippen LogP contribution is 2.19. The fraction of sp³-hybridized carbons (Fsp3) is 0.948. The highest BCUT2D eigenvalue weighted by Gasteiger charge is 2.19. The van der Waals surface area contributed by atoms with Gasteiger partial charge in [-0.3, -0.25) is 14.4 Å². The summed E-state index contributed by atoms with van der Waals surface area (Å²) in [5, 5.41) is 0. The minimum absolute atomic E-state index is 0.0645. The van der Waals surface area contributed by atoms with E-state index in [9.17, 15) is 14.4 Å². The Kier molecular flexibility index (Phi) is 48.1. The summed E-state index contributed by atoms with van der Waals surface area (Å²) in [6, 6.07) is 0. The zero-order valence-corrected chi connectivity index (χ0v) is 44.1. The van der Waals surface area contributed by atoms with Crippen molar-refractivity contribution in [2.75, 3.05) is 13.2 Å². The quantitative estimate of drug-likeness (QED) is 0.0344. The normalized spacial score (nSPS) is 12.6. The molecule has 380 valence electrons. The van der Waals surface area contributed by atoms with Crippen LogP contribution in [-0.4, -0.2) is 37.2 Å². The minimum Gasteiger partial charge on any atom is -0.462 e. The van der Waals surface area contributed by atoms with E-state index >= 15 is 0 Å². The lowest BCUT2D eigenvalue weighted by molar-refractivity contribution is -0.167. The molecule has 0 fully saturated rings. The van der Waals surface area contributed by atoms with Gasteiger partial charge in [0.15, 0.2) is 6.10 Å². The number of carbonyl (C=O) groups excluding carboxylic acids is 3. The van der Waals surface area contributed by atoms with Gasteiger partial charge in [-0.2, -0.15) is 0 Å². The lowest BCUT2D eigenvalue weighted by Gasteiger charge is -2.18. The maximum atomic E-state index is 12.8. The molecule has 0 amide bonds. The molecule has 0 aromatic carbocycles. The molecular formula is C58H112O6. The zero-order chi connectivity index (χ0) is 47.0. The summed E-state index contributed by atoms with van der Waals surface area (Å²) in [7, 11) is 0. The Balaban J connectivity index is 4.23. The van der Waals surface area contributed by atoms with Gasteiger partial charge in [-0.1, -0.05) is 279 Å². The summed E-state index contributed by atoms with van der Waals surface area (Å²) in [4.78, 5) is 38.1. The van der Waals surface area contributed by atoms with Crippen molar-refractivity contribution >= 4 is 17.9 Å². The molecule has 0 aliphatic rings. The molecule has 0 aromatic rings. The van der Waals surface area contributed by atoms with Crippen molar-refractivity contribution in [1.82, 2.24) is 0 Å². The molecule has 6 nitrogen and oxygen atoms in total. The van der Waals surface area contributed by atoms with Crippen LogP contribution in [0.2, 0.25) is 0 Å². The van der Waals surface area contributed by atoms with E-state index in [4.69, 9.17) is 14.2 Å². The molecule has 0 N–H and O–H groups in total. The van der Waals surface area contributed by atoms with E-state index in [1.54, 1.807) is 0 Å². The molecule has 0 saturated heterocycles. The Morgan fingerprint density at radius 2 is 0.547 bits per heavy atom. The molecule has 6 heteroatoms. The molecule has 0 radical (unpaired) electrons. The minimum atomic E-state index is -0.764. The maximum Gasteiger partial charge on any atom is 0.306 e. The molecule has 1 unspecified atom stereocenters. The second-order valence-corrected chi connectivity index (χ2v) is 21.1. The molecule has 0 spiro atoms. The van der Waals surface area contributed by atoms with Crippen molar-refractivity contribution in [3.8, 4) is 0 Å². The summed E-state index contributed by atoms with van der Waals surface area (Å²) < 4.78 is 16.9. The van der Waals surface area contributed by atoms with Gasteiger partial charge < -0.3 is 14.2 Å². The summed E-state index contributed by atoms with van der Waals surface area (Å²) >= 11 is 0. The lowest BCUT2D eigenvalue weighted by atomic mass is 10.00. The average molecular weight is 906 g/mol. The summed E-state index contributed by atoms with van der Waals surface area (Å²) in [5.74, 6) is 1.66. The summed E-state index contributed by atoms with van der Waals surface area (Å²) in [6.07, 6.45) is 51.0. The van der Waals surface area contributed by atoms with Crippen molar-refractivity contribution in [3.05, 3.63) is 0 Å². The van der Waals surface area contributed by atoms with Crippen molar-refractivity contribution in [2.45, 2.75) is 324 Å². The monoisotopic (exact) mass is 905 g/mol. The van der Waals surface area contributed by atoms with Crippen LogP contribution < -0.4 is 0 Å². The van der Waals surface area contributed by atoms with Crippen molar-refractivity contribution in [2.24, 2.45) is 17.8 Å². The summed E-state index contributed by atoms with van der Waals surface area (Å²) in [5.41, 5.74) is 0. The second kappa shape index (κ2) is 49.3. The third-order valence-corrected chi connectivity index (χ3v) is 13.5. The van der Waals surface area contributed by atoms with Crippen LogP contribution in [0.3, 0.4) is 0 Å². The Bertz CT molecular complexity index is 993. The molecule has 0 heterocycles. The topological polar surface area (TPSA) is 78.9 Å². The largest absolute Gasteiger partial charge is 0.462 e. The van der Waals surface area contributed by atoms with Gasteiger partial charge >= 0.3 is 17.9 Å². The second-order valence-electron chi connectivity index (χ2n) is 21.1. The molecule has 0 aliphatic carbocycles. The van der Waals surface area contributed by atoms with Gasteiger partial charge in [-0.25, -0.2) is 0 Å². The molecular weight excluding hydrogens is 793 g/mol. The van der Waals surface area contributed by atoms with E-state index in [0.717, 1.165) is 75.5 Å². The molecule has 0 saturated carbocycles. The lowest BCUT2D eigenvalue weighted by Crippen LogP contribution is -2.30. The smallest absolute Gasteiger partial charge is 0.306 e. The van der Waals surface area contributed by atoms with Gasteiger partial charge in [-0.05, 0) is 37.0 Å². The molecule has 0 bridgehead atoms. The molecule has 0 aromatic heterocycles. The highest BCUT2D eigenvalue weighted by atomic mass is 16.6. The van der Waals surface area contributed by atoms with Gasteiger partial charge in [0.1, 0.15) is 13.2 Å². The van der Waals surface area contributed by atoms with E-state index in [1.807, 2.05) is 0 Å². The predicted molar refractivity (Wildman–Crippen MR) is 275 cm³/mol. The first-order valence-corrected chi connectivity index (χ1v) is 28.6. The van der Waals surface area contributed by atoms with Crippen LogP contribution in [-0.2, 0) is 28.6 Å². The van der Waals surface area contributed by atoms with Gasteiger partial charge in [0.2, 0.25) is 0 Å². The van der Waals surface area contributed by atoms with Crippen LogP contribution in [0.1, 0.15) is 318 Å². The van der Waals surface area contributed by atoms with Gasteiger partial charge in [0.05, 0.1) is 0 Å². The van der Waals surface area contributed by atoms with Gasteiger partial charge in [0, 0.05) is 19.3 Å². The fourth-order valence-electron chi connectivity index (χ4n) is 8.79. The molecule has 0 aliphatic heterocycles. The third kappa shape index (κ3) is 49.8. The van der Waals surface area contributed by atoms with Crippen LogP contribution in [0.25, 0.3) is 0 Å². The van der Waals surface area contributed by atoms with Crippen molar-refractivity contribution in [1.29, 1.82) is 0 Å². The van der Waals surface area contributed by atoms with Crippen LogP contribution >= 0.6 is 0 Å². The Labute approximate surface area is 399 Å². The van der Waals surface area contributed by atoms with Crippen LogP contribution in [0.5, 0.6) is 0 Å². The molecule has 0 rings (SSSR count). The van der Waals surface area contributed by atoms with E-state index in [-0.39, 0.29) is 31.1 Å². The number of unbranched alkanes of at least 4 members (excludes halogenated alkanes) is 33.